The van der Waals surface area contributed by atoms with Gasteiger partial charge in [-0.2, -0.15) is 0 Å². The van der Waals surface area contributed by atoms with Crippen molar-refractivity contribution in [3.8, 4) is 0 Å². The summed E-state index contributed by atoms with van der Waals surface area (Å²) in [5.74, 6) is -0.762. The minimum Gasteiger partial charge on any atom is -0.481 e. The van der Waals surface area contributed by atoms with Crippen LogP contribution < -0.4 is 5.32 Å². The lowest BCUT2D eigenvalue weighted by atomic mass is 9.93. The summed E-state index contributed by atoms with van der Waals surface area (Å²) in [6.45, 7) is 7.75. The van der Waals surface area contributed by atoms with Gasteiger partial charge < -0.3 is 10.4 Å². The van der Waals surface area contributed by atoms with Crippen LogP contribution in [0.25, 0.3) is 0 Å². The number of rotatable bonds is 6. The van der Waals surface area contributed by atoms with Gasteiger partial charge in [0.2, 0.25) is 0 Å². The lowest BCUT2D eigenvalue weighted by Gasteiger charge is -2.14. The van der Waals surface area contributed by atoms with E-state index >= 15 is 0 Å². The summed E-state index contributed by atoms with van der Waals surface area (Å²) < 4.78 is 0. The van der Waals surface area contributed by atoms with E-state index in [4.69, 9.17) is 5.11 Å². The van der Waals surface area contributed by atoms with Gasteiger partial charge in [-0.25, -0.2) is 4.98 Å². The van der Waals surface area contributed by atoms with E-state index in [0.29, 0.717) is 6.54 Å². The fraction of sp³-hybridized carbons (Fsp3) is 0.667. The first kappa shape index (κ1) is 14.1. The van der Waals surface area contributed by atoms with Crippen LogP contribution in [0.1, 0.15) is 37.9 Å². The number of carboxylic acids is 1. The highest BCUT2D eigenvalue weighted by molar-refractivity contribution is 7.09. The molecule has 4 nitrogen and oxygen atoms in total. The van der Waals surface area contributed by atoms with Gasteiger partial charge in [0.1, 0.15) is 0 Å². The largest absolute Gasteiger partial charge is 0.481 e. The van der Waals surface area contributed by atoms with Gasteiger partial charge in [-0.3, -0.25) is 4.79 Å². The van der Waals surface area contributed by atoms with Gasteiger partial charge in [0.15, 0.2) is 0 Å². The van der Waals surface area contributed by atoms with Crippen LogP contribution in [0, 0.1) is 0 Å². The van der Waals surface area contributed by atoms with Gasteiger partial charge in [0.25, 0.3) is 0 Å². The molecule has 2 N–H and O–H groups in total. The van der Waals surface area contributed by atoms with Crippen molar-refractivity contribution < 1.29 is 9.90 Å². The molecule has 0 aliphatic rings. The molecule has 0 amide bonds. The zero-order chi connectivity index (χ0) is 12.9. The maximum Gasteiger partial charge on any atom is 0.304 e. The average Bonchev–Trinajstić information content (AvgIpc) is 2.64. The molecule has 96 valence electrons. The van der Waals surface area contributed by atoms with Gasteiger partial charge in [-0.1, -0.05) is 20.8 Å². The third kappa shape index (κ3) is 5.28. The van der Waals surface area contributed by atoms with Crippen molar-refractivity contribution in [2.75, 3.05) is 13.1 Å². The van der Waals surface area contributed by atoms with E-state index in [2.05, 4.69) is 36.5 Å². The van der Waals surface area contributed by atoms with E-state index in [1.54, 1.807) is 11.3 Å². The fourth-order valence-electron chi connectivity index (χ4n) is 1.29. The number of nitrogens with zero attached hydrogens (tertiary/aromatic N) is 1. The molecule has 0 bridgehead atoms. The highest BCUT2D eigenvalue weighted by Crippen LogP contribution is 2.23. The summed E-state index contributed by atoms with van der Waals surface area (Å²) in [4.78, 5) is 14.9. The van der Waals surface area contributed by atoms with Crippen molar-refractivity contribution in [1.29, 1.82) is 0 Å². The first-order valence-corrected chi connectivity index (χ1v) is 6.65. The number of thiazole rings is 1. The zero-order valence-corrected chi connectivity index (χ0v) is 11.4. The second-order valence-corrected chi connectivity index (χ2v) is 5.96. The van der Waals surface area contributed by atoms with E-state index < -0.39 is 5.97 Å². The van der Waals surface area contributed by atoms with Gasteiger partial charge in [-0.15, -0.1) is 11.3 Å². The molecule has 1 aromatic rings. The van der Waals surface area contributed by atoms with Crippen molar-refractivity contribution >= 4 is 17.3 Å². The maximum absolute atomic E-state index is 10.3. The first-order valence-electron chi connectivity index (χ1n) is 5.77. The number of hydrogen-bond acceptors (Lipinski definition) is 4. The first-order chi connectivity index (χ1) is 7.89. The topological polar surface area (TPSA) is 62.2 Å². The number of nitrogens with one attached hydrogen (secondary N) is 1. The quantitative estimate of drug-likeness (QED) is 0.765. The smallest absolute Gasteiger partial charge is 0.304 e. The van der Waals surface area contributed by atoms with Crippen molar-refractivity contribution in [3.05, 3.63) is 16.1 Å². The lowest BCUT2D eigenvalue weighted by molar-refractivity contribution is -0.136. The Kier molecular flexibility index (Phi) is 5.08. The molecule has 0 saturated carbocycles. The number of carboxylic acid groups (broad SMARTS) is 1. The molecule has 0 radical (unpaired) electrons. The van der Waals surface area contributed by atoms with Crippen LogP contribution in [0.2, 0.25) is 0 Å². The monoisotopic (exact) mass is 256 g/mol. The van der Waals surface area contributed by atoms with E-state index in [1.165, 1.54) is 0 Å². The highest BCUT2D eigenvalue weighted by Gasteiger charge is 2.16. The molecule has 1 heterocycles. The molecular formula is C12H20N2O2S. The van der Waals surface area contributed by atoms with Gasteiger partial charge in [-0.05, 0) is 0 Å². The molecule has 0 aromatic carbocycles. The van der Waals surface area contributed by atoms with Crippen LogP contribution in [0.15, 0.2) is 5.38 Å². The maximum atomic E-state index is 10.3. The lowest BCUT2D eigenvalue weighted by Crippen LogP contribution is -2.20. The summed E-state index contributed by atoms with van der Waals surface area (Å²) in [5, 5.41) is 14.8. The summed E-state index contributed by atoms with van der Waals surface area (Å²) >= 11 is 1.67. The van der Waals surface area contributed by atoms with Gasteiger partial charge in [0.05, 0.1) is 17.1 Å². The van der Waals surface area contributed by atoms with Gasteiger partial charge >= 0.3 is 5.97 Å². The standard InChI is InChI=1S/C12H20N2O2S/c1-12(2,3)9-8-17-10(14-9)4-6-13-7-5-11(15)16/h8,13H,4-7H2,1-3H3,(H,15,16). The molecule has 0 aliphatic heterocycles. The van der Waals surface area contributed by atoms with Gasteiger partial charge in [0, 0.05) is 30.3 Å². The Bertz CT molecular complexity index is 369. The summed E-state index contributed by atoms with van der Waals surface area (Å²) in [6, 6.07) is 0. The predicted octanol–water partition coefficient (Wildman–Crippen LogP) is 2.05. The molecule has 0 saturated heterocycles. The number of hydrogen-bond donors (Lipinski definition) is 2. The highest BCUT2D eigenvalue weighted by atomic mass is 32.1. The molecule has 1 rings (SSSR count). The zero-order valence-electron chi connectivity index (χ0n) is 10.6. The molecule has 1 aromatic heterocycles. The molecular weight excluding hydrogens is 236 g/mol. The van der Waals surface area contributed by atoms with E-state index in [1.807, 2.05) is 0 Å². The van der Waals surface area contributed by atoms with Crippen molar-refractivity contribution in [2.24, 2.45) is 0 Å². The Labute approximate surface area is 106 Å². The van der Waals surface area contributed by atoms with Crippen molar-refractivity contribution in [1.82, 2.24) is 10.3 Å². The Morgan fingerprint density at radius 1 is 1.47 bits per heavy atom. The number of aliphatic carboxylic acids is 1. The fourth-order valence-corrected chi connectivity index (χ4v) is 2.31. The Balaban J connectivity index is 2.28. The molecule has 0 atom stereocenters. The predicted molar refractivity (Wildman–Crippen MR) is 69.6 cm³/mol. The molecule has 0 aliphatic carbocycles. The second-order valence-electron chi connectivity index (χ2n) is 5.02. The summed E-state index contributed by atoms with van der Waals surface area (Å²) in [6.07, 6.45) is 1.03. The normalized spacial score (nSPS) is 11.7. The number of carbonyl (C=O) groups is 1. The van der Waals surface area contributed by atoms with Crippen LogP contribution in [0.3, 0.4) is 0 Å². The molecule has 17 heavy (non-hydrogen) atoms. The third-order valence-corrected chi connectivity index (χ3v) is 3.26. The minimum atomic E-state index is -0.762. The van der Waals surface area contributed by atoms with Crippen LogP contribution in [-0.4, -0.2) is 29.1 Å². The SMILES string of the molecule is CC(C)(C)c1csc(CCNCCC(=O)O)n1. The Morgan fingerprint density at radius 2 is 2.18 bits per heavy atom. The molecule has 0 spiro atoms. The van der Waals surface area contributed by atoms with Crippen LogP contribution >= 0.6 is 11.3 Å². The Hall–Kier alpha value is -0.940. The molecule has 0 unspecified atom stereocenters. The second kappa shape index (κ2) is 6.12. The van der Waals surface area contributed by atoms with Crippen molar-refractivity contribution in [2.45, 2.75) is 39.0 Å². The minimum absolute atomic E-state index is 0.103. The van der Waals surface area contributed by atoms with E-state index in [0.717, 1.165) is 23.7 Å². The van der Waals surface area contributed by atoms with Crippen LogP contribution in [0.5, 0.6) is 0 Å². The molecule has 5 heteroatoms. The molecule has 0 fully saturated rings. The average molecular weight is 256 g/mol. The van der Waals surface area contributed by atoms with Crippen LogP contribution in [0.4, 0.5) is 0 Å². The van der Waals surface area contributed by atoms with E-state index in [-0.39, 0.29) is 11.8 Å². The summed E-state index contributed by atoms with van der Waals surface area (Å²) in [5.41, 5.74) is 1.23. The van der Waals surface area contributed by atoms with Crippen LogP contribution in [-0.2, 0) is 16.6 Å². The van der Waals surface area contributed by atoms with Crippen molar-refractivity contribution in [3.63, 3.8) is 0 Å². The van der Waals surface area contributed by atoms with E-state index in [9.17, 15) is 4.79 Å². The number of aromatic nitrogens is 1. The Morgan fingerprint density at radius 3 is 2.71 bits per heavy atom. The third-order valence-electron chi connectivity index (χ3n) is 2.35. The summed E-state index contributed by atoms with van der Waals surface area (Å²) in [7, 11) is 0.